The standard InChI is InChI=1S/C18H22N2O2S2/c21-17(10-4-7-14-8-5-11-23-14)19-20-18(22)16-12-13-6-2-1-3-9-15(13)24-16/h5,8,11-12H,1-4,6-7,9-10H2,(H,19,21)(H,20,22). The number of hydrazine groups is 1. The van der Waals surface area contributed by atoms with Crippen LogP contribution in [-0.4, -0.2) is 11.8 Å². The Kier molecular flexibility index (Phi) is 6.04. The van der Waals surface area contributed by atoms with Crippen molar-refractivity contribution in [1.82, 2.24) is 10.9 Å². The van der Waals surface area contributed by atoms with Crippen molar-refractivity contribution in [2.45, 2.75) is 51.4 Å². The second-order valence-electron chi connectivity index (χ2n) is 6.05. The average Bonchev–Trinajstić information content (AvgIpc) is 3.18. The molecule has 1 aliphatic carbocycles. The number of carbonyl (C=O) groups excluding carboxylic acids is 2. The first-order valence-electron chi connectivity index (χ1n) is 8.45. The van der Waals surface area contributed by atoms with E-state index in [2.05, 4.69) is 16.9 Å². The highest BCUT2D eigenvalue weighted by atomic mass is 32.1. The molecule has 0 radical (unpaired) electrons. The predicted molar refractivity (Wildman–Crippen MR) is 98.4 cm³/mol. The zero-order valence-electron chi connectivity index (χ0n) is 13.6. The van der Waals surface area contributed by atoms with E-state index in [1.807, 2.05) is 17.5 Å². The number of hydrogen-bond acceptors (Lipinski definition) is 4. The van der Waals surface area contributed by atoms with Gasteiger partial charge in [-0.05, 0) is 61.6 Å². The van der Waals surface area contributed by atoms with Crippen LogP contribution in [0.2, 0.25) is 0 Å². The fourth-order valence-electron chi connectivity index (χ4n) is 2.91. The van der Waals surface area contributed by atoms with Crippen molar-refractivity contribution in [3.8, 4) is 0 Å². The highest BCUT2D eigenvalue weighted by Crippen LogP contribution is 2.28. The van der Waals surface area contributed by atoms with Gasteiger partial charge in [0.1, 0.15) is 0 Å². The Morgan fingerprint density at radius 1 is 1.12 bits per heavy atom. The average molecular weight is 363 g/mol. The van der Waals surface area contributed by atoms with E-state index in [0.717, 1.165) is 25.7 Å². The molecule has 3 rings (SSSR count). The number of hydrogen-bond donors (Lipinski definition) is 2. The van der Waals surface area contributed by atoms with Crippen molar-refractivity contribution < 1.29 is 9.59 Å². The lowest BCUT2D eigenvalue weighted by atomic mass is 10.1. The van der Waals surface area contributed by atoms with Crippen LogP contribution in [0.4, 0.5) is 0 Å². The Labute approximate surface area is 150 Å². The summed E-state index contributed by atoms with van der Waals surface area (Å²) in [6.07, 6.45) is 7.91. The summed E-state index contributed by atoms with van der Waals surface area (Å²) < 4.78 is 0. The Bertz CT molecular complexity index is 668. The molecule has 2 heterocycles. The van der Waals surface area contributed by atoms with Gasteiger partial charge in [0.05, 0.1) is 4.88 Å². The molecule has 0 aliphatic heterocycles. The van der Waals surface area contributed by atoms with Crippen LogP contribution in [0.3, 0.4) is 0 Å². The summed E-state index contributed by atoms with van der Waals surface area (Å²) in [4.78, 5) is 27.3. The fraction of sp³-hybridized carbons (Fsp3) is 0.444. The number of fused-ring (bicyclic) bond motifs is 1. The van der Waals surface area contributed by atoms with Crippen LogP contribution in [0.5, 0.6) is 0 Å². The minimum absolute atomic E-state index is 0.141. The van der Waals surface area contributed by atoms with Gasteiger partial charge in [0.25, 0.3) is 5.91 Å². The Balaban J connectivity index is 1.42. The first-order chi connectivity index (χ1) is 11.7. The lowest BCUT2D eigenvalue weighted by molar-refractivity contribution is -0.121. The molecule has 2 aromatic rings. The molecule has 0 fully saturated rings. The van der Waals surface area contributed by atoms with Gasteiger partial charge in [0.2, 0.25) is 5.91 Å². The van der Waals surface area contributed by atoms with Crippen molar-refractivity contribution in [2.75, 3.05) is 0 Å². The summed E-state index contributed by atoms with van der Waals surface area (Å²) >= 11 is 3.27. The van der Waals surface area contributed by atoms with E-state index >= 15 is 0 Å². The highest BCUT2D eigenvalue weighted by molar-refractivity contribution is 7.14. The third-order valence-electron chi connectivity index (χ3n) is 4.19. The highest BCUT2D eigenvalue weighted by Gasteiger charge is 2.16. The third kappa shape index (κ3) is 4.68. The zero-order chi connectivity index (χ0) is 16.8. The smallest absolute Gasteiger partial charge is 0.273 e. The minimum Gasteiger partial charge on any atom is -0.273 e. The summed E-state index contributed by atoms with van der Waals surface area (Å²) in [6, 6.07) is 6.08. The zero-order valence-corrected chi connectivity index (χ0v) is 15.2. The maximum absolute atomic E-state index is 12.2. The number of nitrogens with one attached hydrogen (secondary N) is 2. The minimum atomic E-state index is -0.209. The molecule has 4 nitrogen and oxygen atoms in total. The Morgan fingerprint density at radius 3 is 2.83 bits per heavy atom. The van der Waals surface area contributed by atoms with Crippen LogP contribution in [0, 0.1) is 0 Å². The van der Waals surface area contributed by atoms with E-state index in [1.165, 1.54) is 34.6 Å². The largest absolute Gasteiger partial charge is 0.279 e. The molecule has 0 aromatic carbocycles. The monoisotopic (exact) mass is 362 g/mol. The van der Waals surface area contributed by atoms with E-state index in [4.69, 9.17) is 0 Å². The molecule has 0 saturated carbocycles. The Hall–Kier alpha value is -1.66. The summed E-state index contributed by atoms with van der Waals surface area (Å²) in [5, 5.41) is 2.04. The summed E-state index contributed by atoms with van der Waals surface area (Å²) in [5.41, 5.74) is 6.38. The van der Waals surface area contributed by atoms with Gasteiger partial charge in [0.15, 0.2) is 0 Å². The normalized spacial score (nSPS) is 13.8. The van der Waals surface area contributed by atoms with Crippen molar-refractivity contribution in [1.29, 1.82) is 0 Å². The molecule has 2 amide bonds. The van der Waals surface area contributed by atoms with Crippen LogP contribution >= 0.6 is 22.7 Å². The molecule has 2 aromatic heterocycles. The molecule has 2 N–H and O–H groups in total. The maximum atomic E-state index is 12.2. The van der Waals surface area contributed by atoms with Gasteiger partial charge in [-0.1, -0.05) is 12.5 Å². The lowest BCUT2D eigenvalue weighted by Gasteiger charge is -2.06. The summed E-state index contributed by atoms with van der Waals surface area (Å²) in [5.74, 6) is -0.349. The van der Waals surface area contributed by atoms with E-state index in [9.17, 15) is 9.59 Å². The van der Waals surface area contributed by atoms with Crippen molar-refractivity contribution >= 4 is 34.5 Å². The molecule has 0 saturated heterocycles. The van der Waals surface area contributed by atoms with Crippen LogP contribution in [-0.2, 0) is 24.1 Å². The van der Waals surface area contributed by atoms with E-state index < -0.39 is 0 Å². The molecule has 128 valence electrons. The second kappa shape index (κ2) is 8.44. The number of aryl methyl sites for hydroxylation is 3. The third-order valence-corrected chi connectivity index (χ3v) is 6.36. The van der Waals surface area contributed by atoms with Gasteiger partial charge in [-0.25, -0.2) is 0 Å². The lowest BCUT2D eigenvalue weighted by Crippen LogP contribution is -2.41. The van der Waals surface area contributed by atoms with Crippen LogP contribution in [0.1, 0.15) is 57.1 Å². The number of amides is 2. The maximum Gasteiger partial charge on any atom is 0.279 e. The molecule has 6 heteroatoms. The number of carbonyl (C=O) groups is 2. The van der Waals surface area contributed by atoms with Crippen LogP contribution in [0.15, 0.2) is 23.6 Å². The van der Waals surface area contributed by atoms with E-state index in [0.29, 0.717) is 11.3 Å². The molecule has 0 atom stereocenters. The SMILES string of the molecule is O=C(CCCc1cccs1)NNC(=O)c1cc2c(s1)CCCCC2. The molecular weight excluding hydrogens is 340 g/mol. The first kappa shape index (κ1) is 17.2. The molecule has 0 unspecified atom stereocenters. The fourth-order valence-corrected chi connectivity index (χ4v) is 4.81. The van der Waals surface area contributed by atoms with Gasteiger partial charge < -0.3 is 0 Å². The van der Waals surface area contributed by atoms with Gasteiger partial charge in [-0.3, -0.25) is 20.4 Å². The Morgan fingerprint density at radius 2 is 2.00 bits per heavy atom. The summed E-state index contributed by atoms with van der Waals surface area (Å²) in [7, 11) is 0. The molecular formula is C18H22N2O2S2. The van der Waals surface area contributed by atoms with Gasteiger partial charge >= 0.3 is 0 Å². The quantitative estimate of drug-likeness (QED) is 0.627. The summed E-state index contributed by atoms with van der Waals surface area (Å²) in [6.45, 7) is 0. The van der Waals surface area contributed by atoms with Gasteiger partial charge in [0, 0.05) is 16.2 Å². The first-order valence-corrected chi connectivity index (χ1v) is 10.1. The van der Waals surface area contributed by atoms with Crippen molar-refractivity contribution in [2.24, 2.45) is 0 Å². The van der Waals surface area contributed by atoms with E-state index in [1.54, 1.807) is 22.7 Å². The van der Waals surface area contributed by atoms with Crippen molar-refractivity contribution in [3.05, 3.63) is 43.8 Å². The van der Waals surface area contributed by atoms with Crippen LogP contribution < -0.4 is 10.9 Å². The molecule has 24 heavy (non-hydrogen) atoms. The molecule has 1 aliphatic rings. The van der Waals surface area contributed by atoms with E-state index in [-0.39, 0.29) is 11.8 Å². The number of rotatable bonds is 5. The molecule has 0 spiro atoms. The van der Waals surface area contributed by atoms with Gasteiger partial charge in [-0.2, -0.15) is 0 Å². The second-order valence-corrected chi connectivity index (χ2v) is 8.22. The number of thiophene rings is 2. The van der Waals surface area contributed by atoms with Gasteiger partial charge in [-0.15, -0.1) is 22.7 Å². The van der Waals surface area contributed by atoms with Crippen LogP contribution in [0.25, 0.3) is 0 Å². The molecule has 0 bridgehead atoms. The topological polar surface area (TPSA) is 58.2 Å². The van der Waals surface area contributed by atoms with Crippen molar-refractivity contribution in [3.63, 3.8) is 0 Å². The predicted octanol–water partition coefficient (Wildman–Crippen LogP) is 3.86.